The molecule has 0 spiro atoms. The number of aromatic nitrogens is 2. The van der Waals surface area contributed by atoms with Gasteiger partial charge in [0.1, 0.15) is 17.6 Å². The summed E-state index contributed by atoms with van der Waals surface area (Å²) in [6.07, 6.45) is 1.30. The van der Waals surface area contributed by atoms with Crippen LogP contribution in [0.4, 0.5) is 5.69 Å². The Bertz CT molecular complexity index is 1150. The number of rotatable bonds is 8. The molecule has 0 radical (unpaired) electrons. The second-order valence-electron chi connectivity index (χ2n) is 6.28. The average molecular weight is 476 g/mol. The Morgan fingerprint density at radius 1 is 1.30 bits per heavy atom. The van der Waals surface area contributed by atoms with Gasteiger partial charge < -0.3 is 11.1 Å². The van der Waals surface area contributed by atoms with Crippen molar-refractivity contribution in [1.82, 2.24) is 14.5 Å². The van der Waals surface area contributed by atoms with Crippen molar-refractivity contribution in [1.29, 1.82) is 0 Å². The lowest BCUT2D eigenvalue weighted by Crippen LogP contribution is -2.44. The highest BCUT2D eigenvalue weighted by molar-refractivity contribution is 7.89. The number of nitrogens with one attached hydrogen (secondary N) is 2. The standard InChI is InChI=1S/C17H19Cl2N5O5S/c1-3-12(16(20)26)23-30(28,29)13-6-10(5-4-9(13)2)22-14(25)8-24-17(27)15(19)11(18)7-21-24/h4-7,12,23H,3,8H2,1-2H3,(H2,20,26)(H,22,25)/t12-/m1/s1. The van der Waals surface area contributed by atoms with E-state index in [2.05, 4.69) is 15.1 Å². The number of hydrogen-bond donors (Lipinski definition) is 3. The molecule has 162 valence electrons. The maximum Gasteiger partial charge on any atom is 0.287 e. The van der Waals surface area contributed by atoms with Crippen LogP contribution in [-0.4, -0.2) is 36.1 Å². The number of benzene rings is 1. The average Bonchev–Trinajstić information content (AvgIpc) is 2.67. The van der Waals surface area contributed by atoms with Crippen molar-refractivity contribution in [3.05, 3.63) is 50.4 Å². The van der Waals surface area contributed by atoms with Crippen LogP contribution in [-0.2, 0) is 26.2 Å². The highest BCUT2D eigenvalue weighted by atomic mass is 35.5. The molecule has 0 aliphatic carbocycles. The van der Waals surface area contributed by atoms with E-state index in [1.807, 2.05) is 0 Å². The molecule has 13 heteroatoms. The number of sulfonamides is 1. The van der Waals surface area contributed by atoms with Gasteiger partial charge in [-0.2, -0.15) is 9.82 Å². The Morgan fingerprint density at radius 2 is 1.97 bits per heavy atom. The molecule has 4 N–H and O–H groups in total. The molecule has 1 heterocycles. The van der Waals surface area contributed by atoms with Crippen molar-refractivity contribution in [2.24, 2.45) is 5.73 Å². The molecule has 1 aromatic carbocycles. The first-order chi connectivity index (χ1) is 14.0. The number of nitrogens with two attached hydrogens (primary N) is 1. The zero-order valence-corrected chi connectivity index (χ0v) is 18.3. The molecule has 0 saturated carbocycles. The van der Waals surface area contributed by atoms with Crippen LogP contribution < -0.4 is 21.3 Å². The fourth-order valence-corrected chi connectivity index (χ4v) is 4.28. The Balaban J connectivity index is 2.24. The number of halogens is 2. The third-order valence-corrected chi connectivity index (χ3v) is 6.41. The summed E-state index contributed by atoms with van der Waals surface area (Å²) in [5.74, 6) is -1.45. The van der Waals surface area contributed by atoms with Crippen LogP contribution in [0.15, 0.2) is 34.1 Å². The van der Waals surface area contributed by atoms with E-state index in [4.69, 9.17) is 28.9 Å². The largest absolute Gasteiger partial charge is 0.368 e. The first-order valence-electron chi connectivity index (χ1n) is 8.59. The van der Waals surface area contributed by atoms with Crippen LogP contribution in [0.2, 0.25) is 10.0 Å². The zero-order chi connectivity index (χ0) is 22.6. The van der Waals surface area contributed by atoms with Gasteiger partial charge in [0.15, 0.2) is 0 Å². The Kier molecular flexibility index (Phi) is 7.59. The maximum atomic E-state index is 12.7. The van der Waals surface area contributed by atoms with Crippen molar-refractivity contribution in [3.63, 3.8) is 0 Å². The summed E-state index contributed by atoms with van der Waals surface area (Å²) in [5, 5.41) is 5.90. The van der Waals surface area contributed by atoms with Gasteiger partial charge in [0.25, 0.3) is 5.56 Å². The summed E-state index contributed by atoms with van der Waals surface area (Å²) in [6.45, 7) is 2.70. The normalized spacial score (nSPS) is 12.4. The number of carbonyl (C=O) groups is 2. The van der Waals surface area contributed by atoms with Crippen LogP contribution >= 0.6 is 23.2 Å². The summed E-state index contributed by atoms with van der Waals surface area (Å²) >= 11 is 11.4. The third-order valence-electron chi connectivity index (χ3n) is 4.05. The van der Waals surface area contributed by atoms with E-state index in [1.54, 1.807) is 13.8 Å². The summed E-state index contributed by atoms with van der Waals surface area (Å²) in [6, 6.07) is 3.14. The van der Waals surface area contributed by atoms with Gasteiger partial charge in [0.2, 0.25) is 21.8 Å². The highest BCUT2D eigenvalue weighted by Crippen LogP contribution is 2.21. The first-order valence-corrected chi connectivity index (χ1v) is 10.8. The van der Waals surface area contributed by atoms with Gasteiger partial charge in [-0.25, -0.2) is 13.1 Å². The number of nitrogens with zero attached hydrogens (tertiary/aromatic N) is 2. The van der Waals surface area contributed by atoms with Crippen LogP contribution in [0, 0.1) is 6.92 Å². The van der Waals surface area contributed by atoms with Gasteiger partial charge in [0, 0.05) is 5.69 Å². The van der Waals surface area contributed by atoms with Crippen LogP contribution in [0.25, 0.3) is 0 Å². The minimum atomic E-state index is -4.08. The number of anilines is 1. The van der Waals surface area contributed by atoms with E-state index in [0.29, 0.717) is 5.56 Å². The Labute approximate surface area is 182 Å². The molecule has 0 bridgehead atoms. The molecule has 1 aromatic heterocycles. The lowest BCUT2D eigenvalue weighted by atomic mass is 10.2. The quantitative estimate of drug-likeness (QED) is 0.518. The van der Waals surface area contributed by atoms with Crippen LogP contribution in [0.1, 0.15) is 18.9 Å². The van der Waals surface area contributed by atoms with Crippen molar-refractivity contribution in [2.45, 2.75) is 37.8 Å². The monoisotopic (exact) mass is 475 g/mol. The molecular weight excluding hydrogens is 457 g/mol. The minimum Gasteiger partial charge on any atom is -0.368 e. The summed E-state index contributed by atoms with van der Waals surface area (Å²) in [7, 11) is -4.08. The van der Waals surface area contributed by atoms with Crippen LogP contribution in [0.5, 0.6) is 0 Å². The fraction of sp³-hybridized carbons (Fsp3) is 0.294. The second-order valence-corrected chi connectivity index (χ2v) is 8.75. The van der Waals surface area contributed by atoms with E-state index < -0.39 is 40.0 Å². The van der Waals surface area contributed by atoms with Gasteiger partial charge in [-0.15, -0.1) is 0 Å². The van der Waals surface area contributed by atoms with Gasteiger partial charge in [-0.05, 0) is 31.0 Å². The third kappa shape index (κ3) is 5.57. The molecule has 0 aliphatic rings. The zero-order valence-electron chi connectivity index (χ0n) is 16.0. The highest BCUT2D eigenvalue weighted by Gasteiger charge is 2.24. The molecule has 0 unspecified atom stereocenters. The van der Waals surface area contributed by atoms with Crippen molar-refractivity contribution in [2.75, 3.05) is 5.32 Å². The molecule has 2 rings (SSSR count). The van der Waals surface area contributed by atoms with Gasteiger partial charge in [-0.3, -0.25) is 14.4 Å². The number of amides is 2. The predicted molar refractivity (Wildman–Crippen MR) is 112 cm³/mol. The second kappa shape index (κ2) is 9.56. The number of hydrogen-bond acceptors (Lipinski definition) is 6. The molecule has 2 amide bonds. The van der Waals surface area contributed by atoms with Crippen molar-refractivity contribution in [3.8, 4) is 0 Å². The predicted octanol–water partition coefficient (Wildman–Crippen LogP) is 1.04. The van der Waals surface area contributed by atoms with Gasteiger partial charge >= 0.3 is 0 Å². The van der Waals surface area contributed by atoms with E-state index in [0.717, 1.165) is 10.9 Å². The smallest absolute Gasteiger partial charge is 0.287 e. The van der Waals surface area contributed by atoms with Gasteiger partial charge in [0.05, 0.1) is 16.1 Å². The Hall–Kier alpha value is -2.47. The summed E-state index contributed by atoms with van der Waals surface area (Å²) in [5.41, 5.74) is 5.00. The Morgan fingerprint density at radius 3 is 2.57 bits per heavy atom. The molecule has 2 aromatic rings. The van der Waals surface area contributed by atoms with E-state index in [9.17, 15) is 22.8 Å². The SMILES string of the molecule is CC[C@@H](NS(=O)(=O)c1cc(NC(=O)Cn2ncc(Cl)c(Cl)c2=O)ccc1C)C(N)=O. The topological polar surface area (TPSA) is 153 Å². The lowest BCUT2D eigenvalue weighted by molar-refractivity contribution is -0.119. The number of carbonyl (C=O) groups excluding carboxylic acids is 2. The molecule has 0 aliphatic heterocycles. The summed E-state index contributed by atoms with van der Waals surface area (Å²) < 4.78 is 28.4. The maximum absolute atomic E-state index is 12.7. The fourth-order valence-electron chi connectivity index (χ4n) is 2.45. The van der Waals surface area contributed by atoms with E-state index >= 15 is 0 Å². The number of aryl methyl sites for hydroxylation is 1. The van der Waals surface area contributed by atoms with Crippen molar-refractivity contribution < 1.29 is 18.0 Å². The first kappa shape index (κ1) is 23.8. The molecule has 0 fully saturated rings. The van der Waals surface area contributed by atoms with Crippen molar-refractivity contribution >= 4 is 50.7 Å². The molecule has 30 heavy (non-hydrogen) atoms. The van der Waals surface area contributed by atoms with E-state index in [1.165, 1.54) is 18.2 Å². The minimum absolute atomic E-state index is 0.0412. The molecule has 10 nitrogen and oxygen atoms in total. The molecule has 1 atom stereocenters. The van der Waals surface area contributed by atoms with E-state index in [-0.39, 0.29) is 27.0 Å². The number of primary amides is 1. The lowest BCUT2D eigenvalue weighted by Gasteiger charge is -2.16. The van der Waals surface area contributed by atoms with Crippen LogP contribution in [0.3, 0.4) is 0 Å². The molecular formula is C17H19Cl2N5O5S. The molecule has 0 saturated heterocycles. The van der Waals surface area contributed by atoms with Gasteiger partial charge in [-0.1, -0.05) is 36.2 Å². The summed E-state index contributed by atoms with van der Waals surface area (Å²) in [4.78, 5) is 35.5.